The van der Waals surface area contributed by atoms with Crippen LogP contribution in [0.5, 0.6) is 0 Å². The van der Waals surface area contributed by atoms with Crippen molar-refractivity contribution in [1.29, 1.82) is 0 Å². The van der Waals surface area contributed by atoms with Gasteiger partial charge in [-0.25, -0.2) is 20.0 Å². The van der Waals surface area contributed by atoms with Gasteiger partial charge in [-0.15, -0.1) is 0 Å². The second-order valence-electron chi connectivity index (χ2n) is 8.61. The molecular formula is C24H27N9. The zero-order valence-corrected chi connectivity index (χ0v) is 18.5. The van der Waals surface area contributed by atoms with Crippen molar-refractivity contribution in [2.45, 2.75) is 24.8 Å². The van der Waals surface area contributed by atoms with E-state index in [2.05, 4.69) is 42.8 Å². The van der Waals surface area contributed by atoms with Crippen LogP contribution in [-0.2, 0) is 5.54 Å². The minimum atomic E-state index is -0.587. The Hall–Kier alpha value is -3.27. The molecule has 1 atom stereocenters. The minimum Gasteiger partial charge on any atom is -0.299 e. The molecule has 1 N–H and O–H groups in total. The third-order valence-corrected chi connectivity index (χ3v) is 6.73. The van der Waals surface area contributed by atoms with E-state index in [0.29, 0.717) is 12.4 Å². The molecule has 6 rings (SSSR count). The van der Waals surface area contributed by atoms with Crippen LogP contribution in [0.2, 0.25) is 0 Å². The number of nitrogens with one attached hydrogen (secondary N) is 1. The van der Waals surface area contributed by atoms with Gasteiger partial charge in [-0.3, -0.25) is 15.4 Å². The van der Waals surface area contributed by atoms with Crippen LogP contribution in [0.25, 0.3) is 11.3 Å². The van der Waals surface area contributed by atoms with Crippen molar-refractivity contribution in [2.75, 3.05) is 32.7 Å². The molecule has 1 unspecified atom stereocenters. The van der Waals surface area contributed by atoms with Crippen LogP contribution < -0.4 is 5.43 Å². The lowest BCUT2D eigenvalue weighted by molar-refractivity contribution is 0.0126. The van der Waals surface area contributed by atoms with E-state index < -0.39 is 5.54 Å². The van der Waals surface area contributed by atoms with Gasteiger partial charge in [0.15, 0.2) is 5.82 Å². The molecule has 3 aliphatic rings. The van der Waals surface area contributed by atoms with Crippen LogP contribution in [0.3, 0.4) is 0 Å². The van der Waals surface area contributed by atoms with E-state index in [1.165, 1.54) is 12.8 Å². The summed E-state index contributed by atoms with van der Waals surface area (Å²) in [6.07, 6.45) is 10.6. The highest BCUT2D eigenvalue weighted by molar-refractivity contribution is 5.94. The van der Waals surface area contributed by atoms with Gasteiger partial charge < -0.3 is 0 Å². The fourth-order valence-electron chi connectivity index (χ4n) is 5.32. The van der Waals surface area contributed by atoms with Crippen molar-refractivity contribution < 1.29 is 0 Å². The predicted octanol–water partition coefficient (Wildman–Crippen LogP) is 1.96. The van der Waals surface area contributed by atoms with Gasteiger partial charge in [-0.1, -0.05) is 6.07 Å². The topological polar surface area (TPSA) is 86.2 Å². The Labute approximate surface area is 193 Å². The second kappa shape index (κ2) is 8.58. The number of aromatic nitrogens is 5. The average molecular weight is 442 g/mol. The number of hydrogen-bond acceptors (Lipinski definition) is 9. The Kier molecular flexibility index (Phi) is 5.29. The van der Waals surface area contributed by atoms with Gasteiger partial charge in [-0.05, 0) is 49.6 Å². The van der Waals surface area contributed by atoms with Crippen LogP contribution in [0.15, 0.2) is 61.2 Å². The number of hydrazine groups is 2. The monoisotopic (exact) mass is 441 g/mol. The maximum absolute atomic E-state index is 4.83. The van der Waals surface area contributed by atoms with Crippen molar-refractivity contribution >= 4 is 11.3 Å². The van der Waals surface area contributed by atoms with Gasteiger partial charge in [0.1, 0.15) is 11.2 Å². The van der Waals surface area contributed by atoms with Gasteiger partial charge in [0, 0.05) is 56.5 Å². The van der Waals surface area contributed by atoms with E-state index in [1.54, 1.807) is 6.20 Å². The third kappa shape index (κ3) is 3.40. The maximum atomic E-state index is 4.83. The lowest BCUT2D eigenvalue weighted by Gasteiger charge is -2.41. The Balaban J connectivity index is 1.67. The molecule has 6 heterocycles. The Morgan fingerprint density at radius 3 is 2.36 bits per heavy atom. The van der Waals surface area contributed by atoms with Crippen molar-refractivity contribution in [3.05, 3.63) is 78.4 Å². The summed E-state index contributed by atoms with van der Waals surface area (Å²) in [5.41, 5.74) is 6.92. The third-order valence-electron chi connectivity index (χ3n) is 6.73. The number of hydrogen-bond donors (Lipinski definition) is 1. The molecule has 2 fully saturated rings. The summed E-state index contributed by atoms with van der Waals surface area (Å²) in [4.78, 5) is 14.2. The molecule has 3 aliphatic heterocycles. The molecule has 0 aromatic carbocycles. The Morgan fingerprint density at radius 1 is 0.818 bits per heavy atom. The molecule has 9 heteroatoms. The molecule has 3 aromatic rings. The maximum Gasteiger partial charge on any atom is 0.177 e. The summed E-state index contributed by atoms with van der Waals surface area (Å²) in [7, 11) is 0. The first-order chi connectivity index (χ1) is 16.4. The summed E-state index contributed by atoms with van der Waals surface area (Å²) in [6.45, 7) is 4.55. The van der Waals surface area contributed by atoms with Gasteiger partial charge in [0.25, 0.3) is 0 Å². The Morgan fingerprint density at radius 2 is 1.67 bits per heavy atom. The first-order valence-electron chi connectivity index (χ1n) is 11.6. The number of rotatable bonds is 5. The summed E-state index contributed by atoms with van der Waals surface area (Å²) in [6, 6.07) is 12.0. The lowest BCUT2D eigenvalue weighted by atomic mass is 9.84. The zero-order valence-electron chi connectivity index (χ0n) is 18.5. The Bertz CT molecular complexity index is 1110. The van der Waals surface area contributed by atoms with E-state index in [1.807, 2.05) is 42.9 Å². The van der Waals surface area contributed by atoms with Gasteiger partial charge in [0.05, 0.1) is 17.9 Å². The van der Waals surface area contributed by atoms with Gasteiger partial charge in [-0.2, -0.15) is 10.2 Å². The van der Waals surface area contributed by atoms with E-state index in [-0.39, 0.29) is 0 Å². The standard InChI is InChI=1S/C24H27N9/c1-2-10-25-19(8-1)21-22(23-26-11-6-12-27-23)32(31-15-3-4-16-31)18-24(21,33-17-7-14-29-33)20-9-5-13-28-30-20/h1-2,5-6,8-13,29H,3-4,7,14-18H2. The molecule has 0 spiro atoms. The van der Waals surface area contributed by atoms with E-state index in [0.717, 1.165) is 55.3 Å². The summed E-state index contributed by atoms with van der Waals surface area (Å²) in [5.74, 6) is 0.704. The summed E-state index contributed by atoms with van der Waals surface area (Å²) < 4.78 is 0. The van der Waals surface area contributed by atoms with Crippen molar-refractivity contribution in [3.8, 4) is 0 Å². The van der Waals surface area contributed by atoms with Crippen LogP contribution in [0.4, 0.5) is 0 Å². The largest absolute Gasteiger partial charge is 0.299 e. The molecule has 0 radical (unpaired) electrons. The molecule has 2 saturated heterocycles. The van der Waals surface area contributed by atoms with Crippen molar-refractivity contribution in [2.24, 2.45) is 0 Å². The second-order valence-corrected chi connectivity index (χ2v) is 8.61. The highest BCUT2D eigenvalue weighted by atomic mass is 15.7. The fourth-order valence-corrected chi connectivity index (χ4v) is 5.32. The molecule has 0 bridgehead atoms. The van der Waals surface area contributed by atoms with E-state index >= 15 is 0 Å². The van der Waals surface area contributed by atoms with Crippen LogP contribution in [-0.4, -0.2) is 72.9 Å². The molecule has 9 nitrogen and oxygen atoms in total. The molecule has 0 saturated carbocycles. The molecule has 168 valence electrons. The minimum absolute atomic E-state index is 0.587. The van der Waals surface area contributed by atoms with Crippen molar-refractivity contribution in [1.82, 2.24) is 45.6 Å². The highest BCUT2D eigenvalue weighted by Gasteiger charge is 2.55. The quantitative estimate of drug-likeness (QED) is 0.638. The molecule has 0 aliphatic carbocycles. The average Bonchev–Trinajstić information content (AvgIpc) is 3.66. The molecular weight excluding hydrogens is 414 g/mol. The molecule has 3 aromatic heterocycles. The van der Waals surface area contributed by atoms with Crippen LogP contribution in [0.1, 0.15) is 36.5 Å². The smallest absolute Gasteiger partial charge is 0.177 e. The van der Waals surface area contributed by atoms with Crippen LogP contribution >= 0.6 is 0 Å². The van der Waals surface area contributed by atoms with Gasteiger partial charge in [0.2, 0.25) is 0 Å². The highest BCUT2D eigenvalue weighted by Crippen LogP contribution is 2.51. The molecule has 33 heavy (non-hydrogen) atoms. The van der Waals surface area contributed by atoms with Crippen LogP contribution in [0, 0.1) is 0 Å². The fraction of sp³-hybridized carbons (Fsp3) is 0.375. The first-order valence-corrected chi connectivity index (χ1v) is 11.6. The normalized spacial score (nSPS) is 24.2. The van der Waals surface area contributed by atoms with Crippen molar-refractivity contribution in [3.63, 3.8) is 0 Å². The number of nitrogens with zero attached hydrogens (tertiary/aromatic N) is 8. The summed E-state index contributed by atoms with van der Waals surface area (Å²) >= 11 is 0. The summed E-state index contributed by atoms with van der Waals surface area (Å²) in [5, 5.41) is 16.1. The first kappa shape index (κ1) is 20.3. The zero-order chi connectivity index (χ0) is 22.1. The SMILES string of the molecule is c1ccc(C2=C(c3ncccn3)N(N3CCCC3)CC2(c2cccnn2)N2CCCN2)nc1. The number of pyridine rings is 1. The van der Waals surface area contributed by atoms with E-state index in [9.17, 15) is 0 Å². The molecule has 0 amide bonds. The predicted molar refractivity (Wildman–Crippen MR) is 124 cm³/mol. The van der Waals surface area contributed by atoms with Gasteiger partial charge >= 0.3 is 0 Å². The van der Waals surface area contributed by atoms with E-state index in [4.69, 9.17) is 15.0 Å². The lowest BCUT2D eigenvalue weighted by Crippen LogP contribution is -2.55.